The van der Waals surface area contributed by atoms with Crippen LogP contribution in [0.25, 0.3) is 0 Å². The molecular weight excluding hydrogens is 402 g/mol. The van der Waals surface area contributed by atoms with Crippen LogP contribution in [0, 0.1) is 0 Å². The number of ketones is 1. The Hall–Kier alpha value is -4.01. The largest absolute Gasteiger partial charge is 0.454 e. The second-order valence-corrected chi connectivity index (χ2v) is 6.79. The van der Waals surface area contributed by atoms with Gasteiger partial charge in [-0.15, -0.1) is 0 Å². The van der Waals surface area contributed by atoms with Gasteiger partial charge in [-0.25, -0.2) is 9.80 Å². The Bertz CT molecular complexity index is 1010. The molecule has 0 saturated carbocycles. The standard InChI is InChI=1S/C22H21N3O6/c1-2-19(27)23-16-7-3-14(4-8-16)18(26)13-31-22(30)15-5-9-17(10-6-15)25-21(29)12-11-20(28)24-25/h3-10H,2,11-13H2,1H3,(H,23,27)(H,24,28). The molecule has 2 N–H and O–H groups in total. The van der Waals surface area contributed by atoms with Gasteiger partial charge in [-0.3, -0.25) is 24.6 Å². The average Bonchev–Trinajstić information content (AvgIpc) is 2.79. The maximum atomic E-state index is 12.2. The number of hydrogen-bond donors (Lipinski definition) is 2. The van der Waals surface area contributed by atoms with E-state index < -0.39 is 12.6 Å². The molecule has 1 saturated heterocycles. The van der Waals surface area contributed by atoms with Gasteiger partial charge >= 0.3 is 5.97 Å². The van der Waals surface area contributed by atoms with E-state index in [4.69, 9.17) is 4.74 Å². The number of ether oxygens (including phenoxy) is 1. The summed E-state index contributed by atoms with van der Waals surface area (Å²) in [6.45, 7) is 1.29. The fourth-order valence-electron chi connectivity index (χ4n) is 2.82. The van der Waals surface area contributed by atoms with Crippen molar-refractivity contribution >= 4 is 40.8 Å². The van der Waals surface area contributed by atoms with Crippen LogP contribution in [0.5, 0.6) is 0 Å². The van der Waals surface area contributed by atoms with Crippen molar-refractivity contribution in [3.63, 3.8) is 0 Å². The van der Waals surface area contributed by atoms with Gasteiger partial charge in [0.25, 0.3) is 0 Å². The van der Waals surface area contributed by atoms with Gasteiger partial charge in [-0.2, -0.15) is 0 Å². The second kappa shape index (κ2) is 9.66. The van der Waals surface area contributed by atoms with Gasteiger partial charge in [0.15, 0.2) is 12.4 Å². The molecule has 9 heteroatoms. The molecule has 2 aromatic rings. The van der Waals surface area contributed by atoms with Crippen molar-refractivity contribution in [1.82, 2.24) is 5.43 Å². The highest BCUT2D eigenvalue weighted by molar-refractivity contribution is 6.02. The number of amides is 3. The smallest absolute Gasteiger partial charge is 0.338 e. The summed E-state index contributed by atoms with van der Waals surface area (Å²) in [5, 5.41) is 3.82. The molecule has 0 spiro atoms. The van der Waals surface area contributed by atoms with Crippen LogP contribution in [0.2, 0.25) is 0 Å². The normalized spacial score (nSPS) is 13.4. The van der Waals surface area contributed by atoms with E-state index in [9.17, 15) is 24.0 Å². The van der Waals surface area contributed by atoms with Gasteiger partial charge in [0.05, 0.1) is 11.3 Å². The molecule has 0 atom stereocenters. The average molecular weight is 423 g/mol. The Morgan fingerprint density at radius 1 is 0.968 bits per heavy atom. The second-order valence-electron chi connectivity index (χ2n) is 6.79. The fourth-order valence-corrected chi connectivity index (χ4v) is 2.82. The summed E-state index contributed by atoms with van der Waals surface area (Å²) in [5.74, 6) is -1.73. The molecule has 3 rings (SSSR count). The molecular formula is C22H21N3O6. The highest BCUT2D eigenvalue weighted by Gasteiger charge is 2.24. The molecule has 3 amide bonds. The zero-order chi connectivity index (χ0) is 22.4. The number of carbonyl (C=O) groups is 5. The lowest BCUT2D eigenvalue weighted by molar-refractivity contribution is -0.130. The third-order valence-corrected chi connectivity index (χ3v) is 4.56. The van der Waals surface area contributed by atoms with Gasteiger partial charge in [0.1, 0.15) is 0 Å². The highest BCUT2D eigenvalue weighted by Crippen LogP contribution is 2.18. The molecule has 0 radical (unpaired) electrons. The molecule has 1 aliphatic rings. The van der Waals surface area contributed by atoms with Crippen LogP contribution >= 0.6 is 0 Å². The van der Waals surface area contributed by atoms with Crippen LogP contribution in [0.15, 0.2) is 48.5 Å². The Balaban J connectivity index is 1.55. The Morgan fingerprint density at radius 2 is 1.61 bits per heavy atom. The monoisotopic (exact) mass is 423 g/mol. The van der Waals surface area contributed by atoms with E-state index >= 15 is 0 Å². The summed E-state index contributed by atoms with van der Waals surface area (Å²) in [5.41, 5.74) is 4.00. The number of nitrogens with one attached hydrogen (secondary N) is 2. The molecule has 160 valence electrons. The molecule has 1 aliphatic heterocycles. The third kappa shape index (κ3) is 5.53. The van der Waals surface area contributed by atoms with Crippen LogP contribution in [0.1, 0.15) is 46.9 Å². The summed E-state index contributed by atoms with van der Waals surface area (Å²) in [6, 6.07) is 12.2. The van der Waals surface area contributed by atoms with Crippen molar-refractivity contribution in [2.24, 2.45) is 0 Å². The lowest BCUT2D eigenvalue weighted by Crippen LogP contribution is -2.50. The van der Waals surface area contributed by atoms with Crippen molar-refractivity contribution in [1.29, 1.82) is 0 Å². The molecule has 31 heavy (non-hydrogen) atoms. The van der Waals surface area contributed by atoms with Crippen LogP contribution in [0.4, 0.5) is 11.4 Å². The van der Waals surface area contributed by atoms with Gasteiger partial charge in [0.2, 0.25) is 17.7 Å². The summed E-state index contributed by atoms with van der Waals surface area (Å²) < 4.78 is 5.07. The lowest BCUT2D eigenvalue weighted by Gasteiger charge is -2.27. The molecule has 9 nitrogen and oxygen atoms in total. The van der Waals surface area contributed by atoms with Gasteiger partial charge in [-0.05, 0) is 48.5 Å². The quantitative estimate of drug-likeness (QED) is 0.520. The molecule has 0 bridgehead atoms. The van der Waals surface area contributed by atoms with Gasteiger partial charge < -0.3 is 10.1 Å². The van der Waals surface area contributed by atoms with E-state index in [0.29, 0.717) is 23.4 Å². The number of benzene rings is 2. The van der Waals surface area contributed by atoms with Crippen LogP contribution < -0.4 is 15.8 Å². The Kier molecular flexibility index (Phi) is 6.76. The third-order valence-electron chi connectivity index (χ3n) is 4.56. The van der Waals surface area contributed by atoms with Crippen LogP contribution in [-0.2, 0) is 19.1 Å². The lowest BCUT2D eigenvalue weighted by atomic mass is 10.1. The number of Topliss-reactive ketones (excluding diaryl/α,β-unsaturated/α-hetero) is 1. The minimum absolute atomic E-state index is 0.115. The zero-order valence-corrected chi connectivity index (χ0v) is 16.8. The van der Waals surface area contributed by atoms with Crippen molar-refractivity contribution in [3.05, 3.63) is 59.7 Å². The van der Waals surface area contributed by atoms with Crippen LogP contribution in [0.3, 0.4) is 0 Å². The summed E-state index contributed by atoms with van der Waals surface area (Å²) in [4.78, 5) is 59.3. The van der Waals surface area contributed by atoms with E-state index in [1.54, 1.807) is 31.2 Å². The van der Waals surface area contributed by atoms with Gasteiger partial charge in [0, 0.05) is 30.5 Å². The minimum Gasteiger partial charge on any atom is -0.454 e. The first kappa shape index (κ1) is 21.7. The first-order chi connectivity index (χ1) is 14.9. The van der Waals surface area contributed by atoms with E-state index in [2.05, 4.69) is 10.7 Å². The number of hydrogen-bond acceptors (Lipinski definition) is 6. The first-order valence-electron chi connectivity index (χ1n) is 9.70. The summed E-state index contributed by atoms with van der Waals surface area (Å²) >= 11 is 0. The van der Waals surface area contributed by atoms with E-state index in [-0.39, 0.29) is 41.9 Å². The number of hydrazine groups is 1. The van der Waals surface area contributed by atoms with Crippen molar-refractivity contribution in [2.75, 3.05) is 16.9 Å². The van der Waals surface area contributed by atoms with Crippen molar-refractivity contribution in [2.45, 2.75) is 26.2 Å². The Morgan fingerprint density at radius 3 is 2.26 bits per heavy atom. The number of carbonyl (C=O) groups excluding carboxylic acids is 5. The summed E-state index contributed by atoms with van der Waals surface area (Å²) in [7, 11) is 0. The fraction of sp³-hybridized carbons (Fsp3) is 0.227. The maximum absolute atomic E-state index is 12.2. The van der Waals surface area contributed by atoms with Gasteiger partial charge in [-0.1, -0.05) is 6.92 Å². The molecule has 0 aliphatic carbocycles. The molecule has 0 unspecified atom stereocenters. The number of rotatable bonds is 7. The molecule has 1 fully saturated rings. The SMILES string of the molecule is CCC(=O)Nc1ccc(C(=O)COC(=O)c2ccc(N3NC(=O)CCC3=O)cc2)cc1. The topological polar surface area (TPSA) is 122 Å². The van der Waals surface area contributed by atoms with Crippen molar-refractivity contribution in [3.8, 4) is 0 Å². The van der Waals surface area contributed by atoms with E-state index in [0.717, 1.165) is 5.01 Å². The zero-order valence-electron chi connectivity index (χ0n) is 16.8. The molecule has 0 aromatic heterocycles. The number of esters is 1. The number of nitrogens with zero attached hydrogens (tertiary/aromatic N) is 1. The predicted molar refractivity (Wildman–Crippen MR) is 111 cm³/mol. The number of anilines is 2. The highest BCUT2D eigenvalue weighted by atomic mass is 16.5. The van der Waals surface area contributed by atoms with E-state index in [1.807, 2.05) is 0 Å². The molecule has 1 heterocycles. The Labute approximate surface area is 178 Å². The first-order valence-corrected chi connectivity index (χ1v) is 9.70. The minimum atomic E-state index is -0.694. The maximum Gasteiger partial charge on any atom is 0.338 e. The van der Waals surface area contributed by atoms with E-state index in [1.165, 1.54) is 24.3 Å². The summed E-state index contributed by atoms with van der Waals surface area (Å²) in [6.07, 6.45) is 0.605. The molecule has 2 aromatic carbocycles. The van der Waals surface area contributed by atoms with Crippen LogP contribution in [-0.4, -0.2) is 36.1 Å². The predicted octanol–water partition coefficient (Wildman–Crippen LogP) is 2.23. The van der Waals surface area contributed by atoms with Crippen molar-refractivity contribution < 1.29 is 28.7 Å².